The molecule has 98 valence electrons. The van der Waals surface area contributed by atoms with Crippen LogP contribution in [0.25, 0.3) is 0 Å². The molecule has 0 radical (unpaired) electrons. The number of amides is 1. The van der Waals surface area contributed by atoms with E-state index < -0.39 is 12.0 Å². The van der Waals surface area contributed by atoms with Crippen molar-refractivity contribution < 1.29 is 14.7 Å². The molecule has 1 unspecified atom stereocenters. The van der Waals surface area contributed by atoms with Gasteiger partial charge in [-0.15, -0.1) is 0 Å². The van der Waals surface area contributed by atoms with Crippen molar-refractivity contribution in [3.05, 3.63) is 28.2 Å². The average molecular weight is 315 g/mol. The highest BCUT2D eigenvalue weighted by atomic mass is 79.9. The molecule has 0 fully saturated rings. The van der Waals surface area contributed by atoms with Crippen molar-refractivity contribution in [3.63, 3.8) is 0 Å². The van der Waals surface area contributed by atoms with E-state index in [9.17, 15) is 9.59 Å². The molecule has 1 aromatic carbocycles. The molecule has 0 bridgehead atoms. The van der Waals surface area contributed by atoms with Crippen LogP contribution in [0.1, 0.15) is 23.7 Å². The Labute approximate surface area is 114 Å². The zero-order chi connectivity index (χ0) is 13.9. The number of nitrogens with zero attached hydrogens (tertiary/aromatic N) is 1. The zero-order valence-electron chi connectivity index (χ0n) is 10.2. The maximum absolute atomic E-state index is 12.1. The van der Waals surface area contributed by atoms with Crippen LogP contribution in [0.2, 0.25) is 0 Å². The molecule has 0 aliphatic carbocycles. The number of carboxylic acids is 1. The third-order valence-corrected chi connectivity index (χ3v) is 3.42. The topological polar surface area (TPSA) is 83.6 Å². The molecular formula is C12H15BrN2O3. The van der Waals surface area contributed by atoms with Crippen molar-refractivity contribution in [2.45, 2.75) is 19.4 Å². The number of hydrogen-bond donors (Lipinski definition) is 2. The van der Waals surface area contributed by atoms with Gasteiger partial charge in [0.2, 0.25) is 0 Å². The fourth-order valence-electron chi connectivity index (χ4n) is 1.64. The van der Waals surface area contributed by atoms with E-state index >= 15 is 0 Å². The Morgan fingerprint density at radius 2 is 2.11 bits per heavy atom. The quantitative estimate of drug-likeness (QED) is 0.832. The highest BCUT2D eigenvalue weighted by Gasteiger charge is 2.25. The Kier molecular flexibility index (Phi) is 4.72. The van der Waals surface area contributed by atoms with Crippen LogP contribution >= 0.6 is 15.9 Å². The summed E-state index contributed by atoms with van der Waals surface area (Å²) >= 11 is 3.24. The SMILES string of the molecule is CCC(C(=O)O)N(C)C(=O)c1ccc(Br)c(N)c1. The Balaban J connectivity index is 2.99. The van der Waals surface area contributed by atoms with Crippen molar-refractivity contribution in [1.29, 1.82) is 0 Å². The van der Waals surface area contributed by atoms with Crippen molar-refractivity contribution in [2.24, 2.45) is 0 Å². The van der Waals surface area contributed by atoms with Crippen LogP contribution in [0.15, 0.2) is 22.7 Å². The second kappa shape index (κ2) is 5.86. The lowest BCUT2D eigenvalue weighted by molar-refractivity contribution is -0.142. The molecule has 1 atom stereocenters. The third kappa shape index (κ3) is 3.01. The maximum atomic E-state index is 12.1. The summed E-state index contributed by atoms with van der Waals surface area (Å²) in [6.07, 6.45) is 0.351. The largest absolute Gasteiger partial charge is 0.480 e. The second-order valence-corrected chi connectivity index (χ2v) is 4.77. The van der Waals surface area contributed by atoms with Crippen LogP contribution in [0.3, 0.4) is 0 Å². The third-order valence-electron chi connectivity index (χ3n) is 2.70. The van der Waals surface area contributed by atoms with Gasteiger partial charge in [-0.05, 0) is 40.5 Å². The Bertz CT molecular complexity index is 476. The number of nitrogens with two attached hydrogens (primary N) is 1. The summed E-state index contributed by atoms with van der Waals surface area (Å²) in [4.78, 5) is 24.3. The minimum absolute atomic E-state index is 0.351. The first-order valence-electron chi connectivity index (χ1n) is 5.43. The summed E-state index contributed by atoms with van der Waals surface area (Å²) in [5.74, 6) is -1.37. The lowest BCUT2D eigenvalue weighted by Gasteiger charge is -2.23. The monoisotopic (exact) mass is 314 g/mol. The van der Waals surface area contributed by atoms with Gasteiger partial charge in [0.05, 0.1) is 0 Å². The molecular weight excluding hydrogens is 300 g/mol. The number of likely N-dealkylation sites (N-methyl/N-ethyl adjacent to an activating group) is 1. The van der Waals surface area contributed by atoms with Gasteiger partial charge in [-0.3, -0.25) is 4.79 Å². The van der Waals surface area contributed by atoms with Crippen LogP contribution in [-0.4, -0.2) is 35.0 Å². The maximum Gasteiger partial charge on any atom is 0.326 e. The first-order chi connectivity index (χ1) is 8.38. The molecule has 0 spiro atoms. The van der Waals surface area contributed by atoms with Gasteiger partial charge < -0.3 is 15.7 Å². The normalized spacial score (nSPS) is 11.9. The average Bonchev–Trinajstić information content (AvgIpc) is 2.32. The van der Waals surface area contributed by atoms with E-state index in [-0.39, 0.29) is 5.91 Å². The molecule has 0 saturated carbocycles. The van der Waals surface area contributed by atoms with Crippen LogP contribution < -0.4 is 5.73 Å². The van der Waals surface area contributed by atoms with Gasteiger partial charge in [0.1, 0.15) is 6.04 Å². The predicted molar refractivity (Wildman–Crippen MR) is 72.4 cm³/mol. The lowest BCUT2D eigenvalue weighted by Crippen LogP contribution is -2.41. The van der Waals surface area contributed by atoms with Crippen molar-refractivity contribution >= 4 is 33.5 Å². The molecule has 0 aliphatic heterocycles. The highest BCUT2D eigenvalue weighted by Crippen LogP contribution is 2.21. The number of hydrogen-bond acceptors (Lipinski definition) is 3. The Hall–Kier alpha value is -1.56. The molecule has 0 saturated heterocycles. The van der Waals surface area contributed by atoms with Crippen LogP contribution in [0, 0.1) is 0 Å². The van der Waals surface area contributed by atoms with E-state index in [1.165, 1.54) is 18.0 Å². The van der Waals surface area contributed by atoms with Gasteiger partial charge in [0.15, 0.2) is 0 Å². The molecule has 0 heterocycles. The number of rotatable bonds is 4. The first-order valence-corrected chi connectivity index (χ1v) is 6.22. The number of carbonyl (C=O) groups is 2. The molecule has 6 heteroatoms. The number of benzene rings is 1. The van der Waals surface area contributed by atoms with Crippen LogP contribution in [0.4, 0.5) is 5.69 Å². The van der Waals surface area contributed by atoms with Gasteiger partial charge in [0.25, 0.3) is 5.91 Å². The van der Waals surface area contributed by atoms with Gasteiger partial charge >= 0.3 is 5.97 Å². The van der Waals surface area contributed by atoms with Crippen molar-refractivity contribution in [1.82, 2.24) is 4.90 Å². The molecule has 18 heavy (non-hydrogen) atoms. The van der Waals surface area contributed by atoms with Crippen LogP contribution in [-0.2, 0) is 4.79 Å². The number of anilines is 1. The lowest BCUT2D eigenvalue weighted by atomic mass is 10.1. The molecule has 3 N–H and O–H groups in total. The van der Waals surface area contributed by atoms with Crippen molar-refractivity contribution in [2.75, 3.05) is 12.8 Å². The number of halogens is 1. The van der Waals surface area contributed by atoms with E-state index in [1.807, 2.05) is 0 Å². The minimum Gasteiger partial charge on any atom is -0.480 e. The molecule has 5 nitrogen and oxygen atoms in total. The van der Waals surface area contributed by atoms with Crippen LogP contribution in [0.5, 0.6) is 0 Å². The molecule has 0 aromatic heterocycles. The number of carboxylic acid groups (broad SMARTS) is 1. The van der Waals surface area contributed by atoms with E-state index in [2.05, 4.69) is 15.9 Å². The molecule has 0 aliphatic rings. The first kappa shape index (κ1) is 14.5. The van der Waals surface area contributed by atoms with Gasteiger partial charge in [-0.2, -0.15) is 0 Å². The summed E-state index contributed by atoms with van der Waals surface area (Å²) in [6.45, 7) is 1.72. The zero-order valence-corrected chi connectivity index (χ0v) is 11.8. The van der Waals surface area contributed by atoms with Crippen molar-refractivity contribution in [3.8, 4) is 0 Å². The molecule has 1 amide bonds. The van der Waals surface area contributed by atoms with Gasteiger partial charge in [-0.1, -0.05) is 6.92 Å². The van der Waals surface area contributed by atoms with E-state index in [4.69, 9.17) is 10.8 Å². The smallest absolute Gasteiger partial charge is 0.326 e. The standard InChI is InChI=1S/C12H15BrN2O3/c1-3-10(12(17)18)15(2)11(16)7-4-5-8(13)9(14)6-7/h4-6,10H,3,14H2,1-2H3,(H,17,18). The van der Waals surface area contributed by atoms with E-state index in [1.54, 1.807) is 19.1 Å². The van der Waals surface area contributed by atoms with Gasteiger partial charge in [0, 0.05) is 22.8 Å². The fourth-order valence-corrected chi connectivity index (χ4v) is 1.88. The number of carbonyl (C=O) groups excluding carboxylic acids is 1. The Morgan fingerprint density at radius 3 is 2.56 bits per heavy atom. The number of aliphatic carboxylic acids is 1. The van der Waals surface area contributed by atoms with Gasteiger partial charge in [-0.25, -0.2) is 4.79 Å². The molecule has 1 rings (SSSR count). The Morgan fingerprint density at radius 1 is 1.50 bits per heavy atom. The summed E-state index contributed by atoms with van der Waals surface area (Å²) < 4.78 is 0.701. The van der Waals surface area contributed by atoms with E-state index in [0.29, 0.717) is 22.1 Å². The summed E-state index contributed by atoms with van der Waals surface area (Å²) in [7, 11) is 1.48. The predicted octanol–water partition coefficient (Wildman–Crippen LogP) is 1.97. The summed E-state index contributed by atoms with van der Waals surface area (Å²) in [5.41, 5.74) is 6.51. The second-order valence-electron chi connectivity index (χ2n) is 3.91. The highest BCUT2D eigenvalue weighted by molar-refractivity contribution is 9.10. The summed E-state index contributed by atoms with van der Waals surface area (Å²) in [6, 6.07) is 3.96. The molecule has 1 aromatic rings. The summed E-state index contributed by atoms with van der Waals surface area (Å²) in [5, 5.41) is 9.01. The number of nitrogen functional groups attached to an aromatic ring is 1. The van der Waals surface area contributed by atoms with E-state index in [0.717, 1.165) is 0 Å². The fraction of sp³-hybridized carbons (Fsp3) is 0.333. The minimum atomic E-state index is -1.02.